The maximum atomic E-state index is 12.6. The molecule has 1 aromatic carbocycles. The number of alkyl halides is 3. The second-order valence-electron chi connectivity index (χ2n) is 6.57. The molecule has 0 aliphatic carbocycles. The number of thiophene rings is 1. The lowest BCUT2D eigenvalue weighted by molar-refractivity contribution is -0.274. The number of rotatable bonds is 4. The molecule has 1 amide bonds. The van der Waals surface area contributed by atoms with E-state index in [9.17, 15) is 18.0 Å². The van der Waals surface area contributed by atoms with Gasteiger partial charge in [-0.1, -0.05) is 12.1 Å². The van der Waals surface area contributed by atoms with Gasteiger partial charge >= 0.3 is 6.36 Å². The lowest BCUT2D eigenvalue weighted by Crippen LogP contribution is -2.49. The number of ether oxygens (including phenoxy) is 1. The van der Waals surface area contributed by atoms with Crippen molar-refractivity contribution in [1.29, 1.82) is 0 Å². The van der Waals surface area contributed by atoms with Crippen molar-refractivity contribution in [3.05, 3.63) is 47.6 Å². The third-order valence-electron chi connectivity index (χ3n) is 4.68. The van der Waals surface area contributed by atoms with E-state index in [0.717, 1.165) is 16.0 Å². The molecule has 0 saturated carbocycles. The predicted octanol–water partition coefficient (Wildman–Crippen LogP) is 3.48. The Morgan fingerprint density at radius 1 is 1.07 bits per heavy atom. The molecule has 0 radical (unpaired) electrons. The summed E-state index contributed by atoms with van der Waals surface area (Å²) in [5, 5.41) is 2.99. The number of piperazine rings is 1. The zero-order valence-corrected chi connectivity index (χ0v) is 16.0. The van der Waals surface area contributed by atoms with Gasteiger partial charge in [-0.25, -0.2) is 9.97 Å². The van der Waals surface area contributed by atoms with Crippen LogP contribution in [0.1, 0.15) is 5.56 Å². The Morgan fingerprint density at radius 2 is 1.79 bits per heavy atom. The zero-order valence-electron chi connectivity index (χ0n) is 15.2. The number of halogens is 3. The number of carbonyl (C=O) groups excluding carboxylic acids is 1. The molecule has 4 rings (SSSR count). The third-order valence-corrected chi connectivity index (χ3v) is 5.51. The van der Waals surface area contributed by atoms with Crippen molar-refractivity contribution in [2.24, 2.45) is 0 Å². The summed E-state index contributed by atoms with van der Waals surface area (Å²) in [6.07, 6.45) is -3.04. The minimum Gasteiger partial charge on any atom is -0.406 e. The van der Waals surface area contributed by atoms with Crippen molar-refractivity contribution in [1.82, 2.24) is 14.9 Å². The molecule has 1 fully saturated rings. The van der Waals surface area contributed by atoms with Crippen molar-refractivity contribution < 1.29 is 22.7 Å². The Balaban J connectivity index is 1.34. The molecule has 6 nitrogen and oxygen atoms in total. The number of amides is 1. The van der Waals surface area contributed by atoms with Gasteiger partial charge < -0.3 is 14.5 Å². The van der Waals surface area contributed by atoms with Crippen LogP contribution in [0.5, 0.6) is 5.75 Å². The van der Waals surface area contributed by atoms with E-state index in [1.165, 1.54) is 24.3 Å². The topological polar surface area (TPSA) is 58.6 Å². The van der Waals surface area contributed by atoms with Crippen LogP contribution in [0.25, 0.3) is 10.2 Å². The second-order valence-corrected chi connectivity index (χ2v) is 7.47. The molecule has 1 saturated heterocycles. The molecule has 0 atom stereocenters. The smallest absolute Gasteiger partial charge is 0.406 e. The van der Waals surface area contributed by atoms with Crippen LogP contribution in [0, 0.1) is 0 Å². The minimum absolute atomic E-state index is 0.0579. The zero-order chi connectivity index (χ0) is 20.4. The minimum atomic E-state index is -4.73. The number of hydrogen-bond acceptors (Lipinski definition) is 6. The summed E-state index contributed by atoms with van der Waals surface area (Å²) in [6, 6.07) is 7.39. The summed E-state index contributed by atoms with van der Waals surface area (Å²) < 4.78 is 40.5. The largest absolute Gasteiger partial charge is 0.573 e. The number of benzene rings is 1. The first-order valence-electron chi connectivity index (χ1n) is 8.95. The number of carbonyl (C=O) groups is 1. The quantitative estimate of drug-likeness (QED) is 0.644. The van der Waals surface area contributed by atoms with Crippen molar-refractivity contribution in [2.75, 3.05) is 31.1 Å². The lowest BCUT2D eigenvalue weighted by atomic mass is 10.1. The Kier molecular flexibility index (Phi) is 5.27. The molecule has 3 heterocycles. The van der Waals surface area contributed by atoms with E-state index in [1.807, 2.05) is 11.4 Å². The lowest BCUT2D eigenvalue weighted by Gasteiger charge is -2.35. The van der Waals surface area contributed by atoms with Crippen molar-refractivity contribution in [2.45, 2.75) is 12.8 Å². The van der Waals surface area contributed by atoms with Gasteiger partial charge in [-0.2, -0.15) is 0 Å². The summed E-state index contributed by atoms with van der Waals surface area (Å²) in [5.74, 6) is 0.521. The van der Waals surface area contributed by atoms with Gasteiger partial charge in [0.1, 0.15) is 22.7 Å². The van der Waals surface area contributed by atoms with Gasteiger partial charge in [-0.05, 0) is 29.1 Å². The van der Waals surface area contributed by atoms with Crippen LogP contribution in [-0.2, 0) is 11.2 Å². The molecule has 0 N–H and O–H groups in total. The molecule has 0 unspecified atom stereocenters. The van der Waals surface area contributed by atoms with E-state index in [2.05, 4.69) is 19.6 Å². The molecule has 1 aliphatic heterocycles. The highest BCUT2D eigenvalue weighted by Gasteiger charge is 2.31. The predicted molar refractivity (Wildman–Crippen MR) is 103 cm³/mol. The molecule has 3 aromatic rings. The molecule has 0 spiro atoms. The number of aromatic nitrogens is 2. The van der Waals surface area contributed by atoms with Gasteiger partial charge in [0.25, 0.3) is 0 Å². The molecular formula is C19H17F3N4O2S. The highest BCUT2D eigenvalue weighted by molar-refractivity contribution is 7.16. The fourth-order valence-corrected chi connectivity index (χ4v) is 4.02. The molecule has 1 aliphatic rings. The van der Waals surface area contributed by atoms with Crippen molar-refractivity contribution in [3.63, 3.8) is 0 Å². The fourth-order valence-electron chi connectivity index (χ4n) is 3.29. The van der Waals surface area contributed by atoms with Gasteiger partial charge in [-0.15, -0.1) is 24.5 Å². The monoisotopic (exact) mass is 422 g/mol. The molecular weight excluding hydrogens is 405 g/mol. The van der Waals surface area contributed by atoms with Crippen LogP contribution in [0.15, 0.2) is 42.0 Å². The first-order chi connectivity index (χ1) is 13.9. The maximum absolute atomic E-state index is 12.6. The summed E-state index contributed by atoms with van der Waals surface area (Å²) >= 11 is 1.56. The standard InChI is InChI=1S/C19H17F3N4O2S/c20-19(21,22)28-14-3-1-13(2-4-14)11-16(27)25-6-8-26(9-7-25)17-15-5-10-29-18(15)24-12-23-17/h1-5,10,12H,6-9,11H2. The van der Waals surface area contributed by atoms with Crippen LogP contribution < -0.4 is 9.64 Å². The van der Waals surface area contributed by atoms with Gasteiger partial charge in [0, 0.05) is 26.2 Å². The van der Waals surface area contributed by atoms with E-state index >= 15 is 0 Å². The van der Waals surface area contributed by atoms with Gasteiger partial charge in [0.05, 0.1) is 11.8 Å². The van der Waals surface area contributed by atoms with Crippen LogP contribution in [0.4, 0.5) is 19.0 Å². The highest BCUT2D eigenvalue weighted by atomic mass is 32.1. The summed E-state index contributed by atoms with van der Waals surface area (Å²) in [6.45, 7) is 2.44. The number of anilines is 1. The number of hydrogen-bond donors (Lipinski definition) is 0. The molecule has 10 heteroatoms. The summed E-state index contributed by atoms with van der Waals surface area (Å²) in [7, 11) is 0. The average Bonchev–Trinajstić information content (AvgIpc) is 3.17. The van der Waals surface area contributed by atoms with Crippen LogP contribution in [0.3, 0.4) is 0 Å². The van der Waals surface area contributed by atoms with Crippen molar-refractivity contribution >= 4 is 33.3 Å². The van der Waals surface area contributed by atoms with Crippen molar-refractivity contribution in [3.8, 4) is 5.75 Å². The molecule has 0 bridgehead atoms. The average molecular weight is 422 g/mol. The number of nitrogens with zero attached hydrogens (tertiary/aromatic N) is 4. The van der Waals surface area contributed by atoms with E-state index in [4.69, 9.17) is 0 Å². The summed E-state index contributed by atoms with van der Waals surface area (Å²) in [5.41, 5.74) is 0.641. The second kappa shape index (κ2) is 7.86. The summed E-state index contributed by atoms with van der Waals surface area (Å²) in [4.78, 5) is 26.1. The third kappa shape index (κ3) is 4.58. The number of fused-ring (bicyclic) bond motifs is 1. The van der Waals surface area contributed by atoms with E-state index in [0.29, 0.717) is 31.7 Å². The fraction of sp³-hybridized carbons (Fsp3) is 0.316. The Labute approximate surface area is 168 Å². The normalized spacial score (nSPS) is 15.0. The molecule has 2 aromatic heterocycles. The first-order valence-corrected chi connectivity index (χ1v) is 9.83. The SMILES string of the molecule is O=C(Cc1ccc(OC(F)(F)F)cc1)N1CCN(c2ncnc3sccc23)CC1. The van der Waals surface area contributed by atoms with Crippen LogP contribution >= 0.6 is 11.3 Å². The molecule has 152 valence electrons. The van der Waals surface area contributed by atoms with E-state index < -0.39 is 6.36 Å². The Bertz CT molecular complexity index is 999. The van der Waals surface area contributed by atoms with Gasteiger partial charge in [0.15, 0.2) is 0 Å². The van der Waals surface area contributed by atoms with E-state index in [-0.39, 0.29) is 18.1 Å². The van der Waals surface area contributed by atoms with Gasteiger partial charge in [-0.3, -0.25) is 4.79 Å². The Morgan fingerprint density at radius 3 is 2.48 bits per heavy atom. The maximum Gasteiger partial charge on any atom is 0.573 e. The van der Waals surface area contributed by atoms with E-state index in [1.54, 1.807) is 22.6 Å². The van der Waals surface area contributed by atoms with Crippen LogP contribution in [-0.4, -0.2) is 53.3 Å². The Hall–Kier alpha value is -2.88. The first kappa shape index (κ1) is 19.4. The molecule has 29 heavy (non-hydrogen) atoms. The van der Waals surface area contributed by atoms with Crippen LogP contribution in [0.2, 0.25) is 0 Å². The highest BCUT2D eigenvalue weighted by Crippen LogP contribution is 2.27. The van der Waals surface area contributed by atoms with Gasteiger partial charge in [0.2, 0.25) is 5.91 Å².